The molecule has 1 aliphatic rings. The zero-order chi connectivity index (χ0) is 15.5. The Balaban J connectivity index is 2.24. The molecule has 0 saturated heterocycles. The van der Waals surface area contributed by atoms with Gasteiger partial charge in [0.2, 0.25) is 11.7 Å². The van der Waals surface area contributed by atoms with E-state index in [9.17, 15) is 18.0 Å². The smallest absolute Gasteiger partial charge is 0.451 e. The first kappa shape index (κ1) is 15.7. The lowest BCUT2D eigenvalue weighted by Gasteiger charge is -2.21. The van der Waals surface area contributed by atoms with Crippen LogP contribution in [0.15, 0.2) is 6.07 Å². The van der Waals surface area contributed by atoms with E-state index < -0.39 is 18.1 Å². The fourth-order valence-electron chi connectivity index (χ4n) is 2.12. The third-order valence-corrected chi connectivity index (χ3v) is 3.14. The number of aromatic nitrogens is 2. The van der Waals surface area contributed by atoms with E-state index in [0.717, 1.165) is 12.8 Å². The Morgan fingerprint density at radius 3 is 2.71 bits per heavy atom. The maximum atomic E-state index is 12.7. The summed E-state index contributed by atoms with van der Waals surface area (Å²) in [7, 11) is 0. The van der Waals surface area contributed by atoms with Crippen molar-refractivity contribution in [1.29, 1.82) is 0 Å². The molecular weight excluding hydrogens is 289 g/mol. The first-order chi connectivity index (χ1) is 9.90. The minimum atomic E-state index is -4.71. The minimum absolute atomic E-state index is 0.0260. The molecular formula is C13H15F3N2O3. The quantitative estimate of drug-likeness (QED) is 0.920. The Kier molecular flexibility index (Phi) is 4.76. The molecule has 1 unspecified atom stereocenters. The number of carbonyl (C=O) groups excluding carboxylic acids is 1. The molecule has 1 fully saturated rings. The lowest BCUT2D eigenvalue weighted by Crippen LogP contribution is -2.31. The van der Waals surface area contributed by atoms with Gasteiger partial charge >= 0.3 is 6.18 Å². The van der Waals surface area contributed by atoms with Gasteiger partial charge < -0.3 is 9.84 Å². The van der Waals surface area contributed by atoms with Gasteiger partial charge in [0, 0.05) is 25.5 Å². The molecule has 0 aliphatic heterocycles. The number of ketones is 1. The molecule has 0 spiro atoms. The van der Waals surface area contributed by atoms with E-state index in [1.807, 2.05) is 0 Å². The van der Waals surface area contributed by atoms with E-state index in [1.165, 1.54) is 6.07 Å². The number of hydrogen-bond donors (Lipinski definition) is 1. The van der Waals surface area contributed by atoms with Crippen LogP contribution in [-0.4, -0.2) is 33.6 Å². The van der Waals surface area contributed by atoms with Crippen molar-refractivity contribution in [3.05, 3.63) is 17.6 Å². The molecule has 5 nitrogen and oxygen atoms in total. The molecule has 1 atom stereocenters. The number of halogens is 3. The summed E-state index contributed by atoms with van der Waals surface area (Å²) in [6.45, 7) is -0.337. The summed E-state index contributed by atoms with van der Waals surface area (Å²) in [5.74, 6) is -1.73. The van der Waals surface area contributed by atoms with Crippen LogP contribution in [-0.2, 0) is 17.4 Å². The topological polar surface area (TPSA) is 72.3 Å². The highest BCUT2D eigenvalue weighted by molar-refractivity contribution is 5.83. The van der Waals surface area contributed by atoms with Crippen molar-refractivity contribution >= 4 is 5.78 Å². The van der Waals surface area contributed by atoms with Gasteiger partial charge in [0.25, 0.3) is 0 Å². The predicted octanol–water partition coefficient (Wildman–Crippen LogP) is 1.92. The summed E-state index contributed by atoms with van der Waals surface area (Å²) < 4.78 is 43.5. The molecule has 116 valence electrons. The van der Waals surface area contributed by atoms with E-state index in [2.05, 4.69) is 9.97 Å². The molecule has 1 saturated carbocycles. The molecule has 1 aromatic rings. The predicted molar refractivity (Wildman–Crippen MR) is 65.7 cm³/mol. The molecule has 1 aliphatic carbocycles. The van der Waals surface area contributed by atoms with Crippen LogP contribution in [0.3, 0.4) is 0 Å². The van der Waals surface area contributed by atoms with Crippen molar-refractivity contribution in [1.82, 2.24) is 9.97 Å². The van der Waals surface area contributed by atoms with Crippen molar-refractivity contribution in [2.45, 2.75) is 44.4 Å². The zero-order valence-electron chi connectivity index (χ0n) is 11.2. The summed E-state index contributed by atoms with van der Waals surface area (Å²) in [6.07, 6.45) is -3.11. The van der Waals surface area contributed by atoms with Crippen LogP contribution in [0.25, 0.3) is 0 Å². The number of aliphatic hydroxyl groups excluding tert-OH is 1. The second-order valence-corrected chi connectivity index (χ2v) is 4.81. The minimum Gasteiger partial charge on any atom is -0.466 e. The number of rotatable bonds is 4. The van der Waals surface area contributed by atoms with Crippen LogP contribution in [0, 0.1) is 0 Å². The summed E-state index contributed by atoms with van der Waals surface area (Å²) in [6, 6.07) is 1.23. The number of hydrogen-bond acceptors (Lipinski definition) is 5. The molecule has 0 aromatic carbocycles. The standard InChI is InChI=1S/C13H15F3N2O3/c14-13(15,16)12-17-8(5-6-19)7-11(18-12)21-10-4-2-1-3-9(10)20/h7,10,19H,1-6H2. The van der Waals surface area contributed by atoms with E-state index >= 15 is 0 Å². The molecule has 1 heterocycles. The molecule has 0 radical (unpaired) electrons. The van der Waals surface area contributed by atoms with E-state index in [1.54, 1.807) is 0 Å². The lowest BCUT2D eigenvalue weighted by atomic mass is 9.96. The highest BCUT2D eigenvalue weighted by Gasteiger charge is 2.36. The highest BCUT2D eigenvalue weighted by Crippen LogP contribution is 2.29. The second-order valence-electron chi connectivity index (χ2n) is 4.81. The molecule has 1 aromatic heterocycles. The van der Waals surface area contributed by atoms with Gasteiger partial charge in [0.05, 0.1) is 5.69 Å². The molecule has 1 N–H and O–H groups in total. The van der Waals surface area contributed by atoms with Gasteiger partial charge in [-0.3, -0.25) is 4.79 Å². The maximum Gasteiger partial charge on any atom is 0.451 e. The van der Waals surface area contributed by atoms with Crippen LogP contribution in [0.1, 0.15) is 37.2 Å². The summed E-state index contributed by atoms with van der Waals surface area (Å²) in [5, 5.41) is 8.83. The van der Waals surface area contributed by atoms with Crippen molar-refractivity contribution in [3.63, 3.8) is 0 Å². The monoisotopic (exact) mass is 304 g/mol. The average molecular weight is 304 g/mol. The first-order valence-electron chi connectivity index (χ1n) is 6.65. The Morgan fingerprint density at radius 1 is 1.33 bits per heavy atom. The number of aliphatic hydroxyl groups is 1. The van der Waals surface area contributed by atoms with Crippen LogP contribution < -0.4 is 4.74 Å². The van der Waals surface area contributed by atoms with Crippen LogP contribution >= 0.6 is 0 Å². The fourth-order valence-corrected chi connectivity index (χ4v) is 2.12. The molecule has 0 amide bonds. The fraction of sp³-hybridized carbons (Fsp3) is 0.615. The van der Waals surface area contributed by atoms with Gasteiger partial charge in [-0.15, -0.1) is 0 Å². The van der Waals surface area contributed by atoms with E-state index in [4.69, 9.17) is 9.84 Å². The number of ether oxygens (including phenoxy) is 1. The van der Waals surface area contributed by atoms with Gasteiger partial charge in [0.1, 0.15) is 0 Å². The van der Waals surface area contributed by atoms with E-state index in [-0.39, 0.29) is 30.4 Å². The number of Topliss-reactive ketones (excluding diaryl/α,β-unsaturated/α-hetero) is 1. The maximum absolute atomic E-state index is 12.7. The normalized spacial score (nSPS) is 19.6. The highest BCUT2D eigenvalue weighted by atomic mass is 19.4. The first-order valence-corrected chi connectivity index (χ1v) is 6.65. The van der Waals surface area contributed by atoms with Crippen LogP contribution in [0.2, 0.25) is 0 Å². The summed E-state index contributed by atoms with van der Waals surface area (Å²) in [4.78, 5) is 18.3. The molecule has 8 heteroatoms. The van der Waals surface area contributed by atoms with Crippen molar-refractivity contribution < 1.29 is 27.8 Å². The van der Waals surface area contributed by atoms with Crippen molar-refractivity contribution in [2.75, 3.05) is 6.61 Å². The summed E-state index contributed by atoms with van der Waals surface area (Å²) >= 11 is 0. The van der Waals surface area contributed by atoms with Crippen molar-refractivity contribution in [2.24, 2.45) is 0 Å². The van der Waals surface area contributed by atoms with Gasteiger partial charge in [0.15, 0.2) is 11.9 Å². The van der Waals surface area contributed by atoms with Gasteiger partial charge in [-0.05, 0) is 19.3 Å². The number of nitrogens with zero attached hydrogens (tertiary/aromatic N) is 2. The zero-order valence-corrected chi connectivity index (χ0v) is 11.2. The SMILES string of the molecule is O=C1CCCCC1Oc1cc(CCO)nc(C(F)(F)F)n1. The third kappa shape index (κ3) is 4.13. The summed E-state index contributed by atoms with van der Waals surface area (Å²) in [5.41, 5.74) is 0.0260. The Bertz CT molecular complexity index is 520. The van der Waals surface area contributed by atoms with Crippen LogP contribution in [0.4, 0.5) is 13.2 Å². The Morgan fingerprint density at radius 2 is 2.10 bits per heavy atom. The Labute approximate surface area is 119 Å². The molecule has 0 bridgehead atoms. The number of alkyl halides is 3. The molecule has 21 heavy (non-hydrogen) atoms. The molecule has 2 rings (SSSR count). The third-order valence-electron chi connectivity index (χ3n) is 3.14. The van der Waals surface area contributed by atoms with Gasteiger partial charge in [-0.1, -0.05) is 0 Å². The van der Waals surface area contributed by atoms with E-state index in [0.29, 0.717) is 12.8 Å². The lowest BCUT2D eigenvalue weighted by molar-refractivity contribution is -0.145. The van der Waals surface area contributed by atoms with Gasteiger partial charge in [-0.25, -0.2) is 4.98 Å². The number of carbonyl (C=O) groups is 1. The van der Waals surface area contributed by atoms with Crippen LogP contribution in [0.5, 0.6) is 5.88 Å². The van der Waals surface area contributed by atoms with Gasteiger partial charge in [-0.2, -0.15) is 18.2 Å². The average Bonchev–Trinajstić information content (AvgIpc) is 2.41. The Hall–Kier alpha value is -1.70. The largest absolute Gasteiger partial charge is 0.466 e. The van der Waals surface area contributed by atoms with Crippen molar-refractivity contribution in [3.8, 4) is 5.88 Å². The second kappa shape index (κ2) is 6.38.